The first-order valence-electron chi connectivity index (χ1n) is 6.03. The van der Waals surface area contributed by atoms with E-state index in [2.05, 4.69) is 42.4 Å². The SMILES string of the molecule is CC(C)CNCC/C=C/Cc1cccnc1. The van der Waals surface area contributed by atoms with E-state index in [0.717, 1.165) is 31.8 Å². The van der Waals surface area contributed by atoms with Gasteiger partial charge < -0.3 is 5.32 Å². The lowest BCUT2D eigenvalue weighted by Crippen LogP contribution is -2.20. The third-order valence-corrected chi connectivity index (χ3v) is 2.28. The smallest absolute Gasteiger partial charge is 0.0303 e. The number of hydrogen-bond acceptors (Lipinski definition) is 2. The van der Waals surface area contributed by atoms with Gasteiger partial charge in [0.15, 0.2) is 0 Å². The summed E-state index contributed by atoms with van der Waals surface area (Å²) in [7, 11) is 0. The molecule has 0 spiro atoms. The van der Waals surface area contributed by atoms with Gasteiger partial charge in [0.25, 0.3) is 0 Å². The molecule has 0 radical (unpaired) electrons. The monoisotopic (exact) mass is 218 g/mol. The highest BCUT2D eigenvalue weighted by molar-refractivity contribution is 5.12. The average molecular weight is 218 g/mol. The molecule has 0 unspecified atom stereocenters. The van der Waals surface area contributed by atoms with Crippen molar-refractivity contribution in [1.29, 1.82) is 0 Å². The fraction of sp³-hybridized carbons (Fsp3) is 0.500. The molecule has 88 valence electrons. The molecule has 0 aliphatic heterocycles. The van der Waals surface area contributed by atoms with Crippen LogP contribution in [0.2, 0.25) is 0 Å². The Morgan fingerprint density at radius 1 is 1.38 bits per heavy atom. The van der Waals surface area contributed by atoms with Crippen molar-refractivity contribution in [2.45, 2.75) is 26.7 Å². The van der Waals surface area contributed by atoms with Gasteiger partial charge in [-0.15, -0.1) is 0 Å². The van der Waals surface area contributed by atoms with Crippen molar-refractivity contribution < 1.29 is 0 Å². The minimum absolute atomic E-state index is 0.736. The van der Waals surface area contributed by atoms with E-state index in [1.165, 1.54) is 5.56 Å². The summed E-state index contributed by atoms with van der Waals surface area (Å²) in [4.78, 5) is 4.09. The molecule has 0 fully saturated rings. The van der Waals surface area contributed by atoms with E-state index in [1.807, 2.05) is 18.5 Å². The van der Waals surface area contributed by atoms with Crippen LogP contribution in [0, 0.1) is 5.92 Å². The van der Waals surface area contributed by atoms with E-state index in [1.54, 1.807) is 0 Å². The van der Waals surface area contributed by atoms with Crippen molar-refractivity contribution in [3.63, 3.8) is 0 Å². The maximum absolute atomic E-state index is 4.09. The van der Waals surface area contributed by atoms with E-state index in [0.29, 0.717) is 0 Å². The number of nitrogens with zero attached hydrogens (tertiary/aromatic N) is 1. The highest BCUT2D eigenvalue weighted by atomic mass is 14.8. The van der Waals surface area contributed by atoms with E-state index < -0.39 is 0 Å². The molecule has 1 aromatic rings. The van der Waals surface area contributed by atoms with Gasteiger partial charge in [-0.3, -0.25) is 4.98 Å². The first-order valence-corrected chi connectivity index (χ1v) is 6.03. The summed E-state index contributed by atoms with van der Waals surface area (Å²) in [5.74, 6) is 0.736. The predicted octanol–water partition coefficient (Wildman–Crippen LogP) is 2.82. The molecule has 16 heavy (non-hydrogen) atoms. The van der Waals surface area contributed by atoms with E-state index >= 15 is 0 Å². The Morgan fingerprint density at radius 3 is 2.94 bits per heavy atom. The van der Waals surface area contributed by atoms with Crippen LogP contribution in [0.25, 0.3) is 0 Å². The molecule has 2 nitrogen and oxygen atoms in total. The quantitative estimate of drug-likeness (QED) is 0.562. The summed E-state index contributed by atoms with van der Waals surface area (Å²) in [5, 5.41) is 3.42. The topological polar surface area (TPSA) is 24.9 Å². The van der Waals surface area contributed by atoms with Gasteiger partial charge in [0, 0.05) is 12.4 Å². The Labute approximate surface area is 98.8 Å². The predicted molar refractivity (Wildman–Crippen MR) is 69.4 cm³/mol. The third kappa shape index (κ3) is 6.36. The lowest BCUT2D eigenvalue weighted by molar-refractivity contribution is 0.556. The van der Waals surface area contributed by atoms with Crippen LogP contribution in [0.5, 0.6) is 0 Å². The Balaban J connectivity index is 2.05. The Kier molecular flexibility index (Phi) is 6.50. The second kappa shape index (κ2) is 8.05. The van der Waals surface area contributed by atoms with Crippen LogP contribution in [-0.4, -0.2) is 18.1 Å². The van der Waals surface area contributed by atoms with Gasteiger partial charge in [-0.1, -0.05) is 32.1 Å². The molecule has 0 saturated heterocycles. The van der Waals surface area contributed by atoms with Crippen molar-refractivity contribution in [2.24, 2.45) is 5.92 Å². The van der Waals surface area contributed by atoms with Gasteiger partial charge in [0.05, 0.1) is 0 Å². The molecule has 0 bridgehead atoms. The molecule has 0 aliphatic carbocycles. The molecule has 1 rings (SSSR count). The zero-order valence-electron chi connectivity index (χ0n) is 10.3. The van der Waals surface area contributed by atoms with Crippen molar-refractivity contribution in [2.75, 3.05) is 13.1 Å². The number of hydrogen-bond donors (Lipinski definition) is 1. The van der Waals surface area contributed by atoms with Crippen LogP contribution in [0.1, 0.15) is 25.8 Å². The van der Waals surface area contributed by atoms with Crippen LogP contribution >= 0.6 is 0 Å². The minimum Gasteiger partial charge on any atom is -0.316 e. The molecule has 0 amide bonds. The van der Waals surface area contributed by atoms with Crippen LogP contribution in [0.3, 0.4) is 0 Å². The maximum atomic E-state index is 4.09. The molecule has 0 aromatic carbocycles. The van der Waals surface area contributed by atoms with E-state index in [9.17, 15) is 0 Å². The highest BCUT2D eigenvalue weighted by Gasteiger charge is 1.90. The fourth-order valence-corrected chi connectivity index (χ4v) is 1.43. The van der Waals surface area contributed by atoms with Crippen LogP contribution in [0.15, 0.2) is 36.7 Å². The molecular weight excluding hydrogens is 196 g/mol. The number of allylic oxidation sites excluding steroid dienone is 1. The van der Waals surface area contributed by atoms with Crippen LogP contribution < -0.4 is 5.32 Å². The zero-order chi connectivity index (χ0) is 11.6. The molecular formula is C14H22N2. The zero-order valence-corrected chi connectivity index (χ0v) is 10.3. The van der Waals surface area contributed by atoms with Crippen molar-refractivity contribution >= 4 is 0 Å². The number of aromatic nitrogens is 1. The molecule has 0 saturated carbocycles. The summed E-state index contributed by atoms with van der Waals surface area (Å²) in [5.41, 5.74) is 1.27. The first-order chi connectivity index (χ1) is 7.79. The fourth-order valence-electron chi connectivity index (χ4n) is 1.43. The Morgan fingerprint density at radius 2 is 2.25 bits per heavy atom. The first kappa shape index (κ1) is 12.9. The molecule has 1 N–H and O–H groups in total. The second-order valence-electron chi connectivity index (χ2n) is 4.42. The normalized spacial score (nSPS) is 11.4. The van der Waals surface area contributed by atoms with Crippen LogP contribution in [-0.2, 0) is 6.42 Å². The number of nitrogens with one attached hydrogen (secondary N) is 1. The largest absolute Gasteiger partial charge is 0.316 e. The Hall–Kier alpha value is -1.15. The van der Waals surface area contributed by atoms with Gasteiger partial charge in [0.1, 0.15) is 0 Å². The Bertz CT molecular complexity index is 291. The van der Waals surface area contributed by atoms with E-state index in [-0.39, 0.29) is 0 Å². The molecule has 0 aliphatic rings. The summed E-state index contributed by atoms with van der Waals surface area (Å²) in [6.45, 7) is 6.63. The minimum atomic E-state index is 0.736. The summed E-state index contributed by atoms with van der Waals surface area (Å²) in [6.07, 6.45) is 10.3. The second-order valence-corrected chi connectivity index (χ2v) is 4.42. The lowest BCUT2D eigenvalue weighted by Gasteiger charge is -2.04. The van der Waals surface area contributed by atoms with Gasteiger partial charge in [-0.2, -0.15) is 0 Å². The third-order valence-electron chi connectivity index (χ3n) is 2.28. The molecule has 2 heteroatoms. The van der Waals surface area contributed by atoms with Gasteiger partial charge in [-0.25, -0.2) is 0 Å². The maximum Gasteiger partial charge on any atom is 0.0303 e. The summed E-state index contributed by atoms with van der Waals surface area (Å²) >= 11 is 0. The van der Waals surface area contributed by atoms with E-state index in [4.69, 9.17) is 0 Å². The lowest BCUT2D eigenvalue weighted by atomic mass is 10.2. The van der Waals surface area contributed by atoms with Gasteiger partial charge in [0.2, 0.25) is 0 Å². The average Bonchev–Trinajstić information content (AvgIpc) is 2.29. The molecule has 1 aromatic heterocycles. The van der Waals surface area contributed by atoms with Crippen LogP contribution in [0.4, 0.5) is 0 Å². The highest BCUT2D eigenvalue weighted by Crippen LogP contribution is 1.98. The van der Waals surface area contributed by atoms with Crippen molar-refractivity contribution in [3.05, 3.63) is 42.2 Å². The van der Waals surface area contributed by atoms with Crippen molar-refractivity contribution in [1.82, 2.24) is 10.3 Å². The van der Waals surface area contributed by atoms with Gasteiger partial charge in [-0.05, 0) is 43.5 Å². The standard InChI is InChI=1S/C14H22N2/c1-13(2)11-15-9-5-3-4-7-14-8-6-10-16-12-14/h3-4,6,8,10,12-13,15H,5,7,9,11H2,1-2H3/b4-3+. The van der Waals surface area contributed by atoms with Crippen molar-refractivity contribution in [3.8, 4) is 0 Å². The molecule has 0 atom stereocenters. The summed E-state index contributed by atoms with van der Waals surface area (Å²) in [6, 6.07) is 4.09. The molecule has 1 heterocycles. The number of pyridine rings is 1. The number of rotatable bonds is 7. The summed E-state index contributed by atoms with van der Waals surface area (Å²) < 4.78 is 0. The van der Waals surface area contributed by atoms with Gasteiger partial charge >= 0.3 is 0 Å².